The number of imidazole rings is 1. The number of hydrogen-bond acceptors (Lipinski definition) is 2. The van der Waals surface area contributed by atoms with Gasteiger partial charge in [-0.2, -0.15) is 0 Å². The Kier molecular flexibility index (Phi) is 3.77. The first-order valence-electron chi connectivity index (χ1n) is 8.13. The molecule has 0 saturated heterocycles. The molecule has 1 N–H and O–H groups in total. The van der Waals surface area contributed by atoms with Crippen LogP contribution in [0.15, 0.2) is 42.6 Å². The number of aryl methyl sites for hydroxylation is 2. The molecule has 0 aliphatic heterocycles. The molecule has 0 spiro atoms. The Morgan fingerprint density at radius 2 is 2.21 bits per heavy atom. The van der Waals surface area contributed by atoms with E-state index in [2.05, 4.69) is 14.7 Å². The molecule has 4 nitrogen and oxygen atoms in total. The molecule has 5 heteroatoms. The fourth-order valence-electron chi connectivity index (χ4n) is 3.30. The molecule has 2 heterocycles. The number of carbonyl (C=O) groups is 1. The molecular weight excluding hydrogens is 322 g/mol. The van der Waals surface area contributed by atoms with Crippen LogP contribution in [0, 0.1) is 12.8 Å². The average molecular weight is 340 g/mol. The quantitative estimate of drug-likeness (QED) is 0.766. The number of carbonyl (C=O) groups excluding carboxylic acids is 1. The summed E-state index contributed by atoms with van der Waals surface area (Å²) in [5.41, 5.74) is 4.97. The van der Waals surface area contributed by atoms with Gasteiger partial charge in [0.2, 0.25) is 5.91 Å². The summed E-state index contributed by atoms with van der Waals surface area (Å²) < 4.78 is 2.09. The van der Waals surface area contributed by atoms with Gasteiger partial charge in [-0.3, -0.25) is 4.79 Å². The zero-order valence-corrected chi connectivity index (χ0v) is 14.2. The molecule has 1 atom stereocenters. The second kappa shape index (κ2) is 5.95. The van der Waals surface area contributed by atoms with Crippen molar-refractivity contribution in [3.05, 3.63) is 64.6 Å². The Hall–Kier alpha value is -2.33. The van der Waals surface area contributed by atoms with Crippen LogP contribution in [-0.2, 0) is 17.6 Å². The molecule has 4 rings (SSSR count). The van der Waals surface area contributed by atoms with Crippen LogP contribution in [-0.4, -0.2) is 15.3 Å². The summed E-state index contributed by atoms with van der Waals surface area (Å²) in [5, 5.41) is 3.66. The molecule has 0 radical (unpaired) electrons. The van der Waals surface area contributed by atoms with Crippen LogP contribution in [0.3, 0.4) is 0 Å². The van der Waals surface area contributed by atoms with Gasteiger partial charge in [-0.15, -0.1) is 0 Å². The maximum atomic E-state index is 12.6. The minimum atomic E-state index is -0.0438. The molecule has 1 aromatic carbocycles. The van der Waals surface area contributed by atoms with Crippen molar-refractivity contribution < 1.29 is 4.79 Å². The molecule has 1 aliphatic carbocycles. The molecule has 24 heavy (non-hydrogen) atoms. The van der Waals surface area contributed by atoms with E-state index in [1.54, 1.807) is 6.07 Å². The van der Waals surface area contributed by atoms with E-state index in [0.717, 1.165) is 41.1 Å². The van der Waals surface area contributed by atoms with Gasteiger partial charge in [-0.25, -0.2) is 4.98 Å². The molecule has 2 aromatic heterocycles. The fourth-order valence-corrected chi connectivity index (χ4v) is 3.48. The van der Waals surface area contributed by atoms with E-state index in [1.165, 1.54) is 0 Å². The topological polar surface area (TPSA) is 46.4 Å². The number of halogens is 1. The van der Waals surface area contributed by atoms with E-state index in [1.807, 2.05) is 43.5 Å². The Morgan fingerprint density at radius 1 is 1.33 bits per heavy atom. The number of nitrogens with zero attached hydrogens (tertiary/aromatic N) is 2. The van der Waals surface area contributed by atoms with Crippen LogP contribution >= 0.6 is 11.6 Å². The second-order valence-corrected chi connectivity index (χ2v) is 6.73. The third-order valence-electron chi connectivity index (χ3n) is 4.69. The summed E-state index contributed by atoms with van der Waals surface area (Å²) >= 11 is 6.14. The SMILES string of the molecule is Cc1ccc(NC(=O)C2CCc3nc4ccccn4c3C2)cc1Cl. The Morgan fingerprint density at radius 3 is 3.04 bits per heavy atom. The minimum absolute atomic E-state index is 0.0438. The molecule has 1 amide bonds. The highest BCUT2D eigenvalue weighted by molar-refractivity contribution is 6.31. The average Bonchev–Trinajstić information content (AvgIpc) is 2.96. The zero-order valence-electron chi connectivity index (χ0n) is 13.4. The summed E-state index contributed by atoms with van der Waals surface area (Å²) in [4.78, 5) is 17.3. The largest absolute Gasteiger partial charge is 0.326 e. The maximum Gasteiger partial charge on any atom is 0.227 e. The van der Waals surface area contributed by atoms with E-state index >= 15 is 0 Å². The summed E-state index contributed by atoms with van der Waals surface area (Å²) in [5.74, 6) is 0.00383. The third kappa shape index (κ3) is 2.67. The number of anilines is 1. The van der Waals surface area contributed by atoms with Crippen LogP contribution in [0.5, 0.6) is 0 Å². The Bertz CT molecular complexity index is 932. The van der Waals surface area contributed by atoms with E-state index in [9.17, 15) is 4.79 Å². The van der Waals surface area contributed by atoms with Gasteiger partial charge in [0.15, 0.2) is 0 Å². The summed E-state index contributed by atoms with van der Waals surface area (Å²) in [7, 11) is 0. The van der Waals surface area contributed by atoms with Gasteiger partial charge in [0.1, 0.15) is 5.65 Å². The fraction of sp³-hybridized carbons (Fsp3) is 0.263. The number of pyridine rings is 1. The lowest BCUT2D eigenvalue weighted by atomic mass is 9.89. The number of hydrogen-bond donors (Lipinski definition) is 1. The summed E-state index contributed by atoms with van der Waals surface area (Å²) in [6, 6.07) is 11.6. The van der Waals surface area contributed by atoms with Crippen LogP contribution < -0.4 is 5.32 Å². The van der Waals surface area contributed by atoms with Gasteiger partial charge in [-0.05, 0) is 49.6 Å². The van der Waals surface area contributed by atoms with Gasteiger partial charge in [0.25, 0.3) is 0 Å². The predicted octanol–water partition coefficient (Wildman–Crippen LogP) is 4.04. The van der Waals surface area contributed by atoms with E-state index in [4.69, 9.17) is 11.6 Å². The van der Waals surface area contributed by atoms with Crippen molar-refractivity contribution in [3.63, 3.8) is 0 Å². The van der Waals surface area contributed by atoms with E-state index in [-0.39, 0.29) is 11.8 Å². The third-order valence-corrected chi connectivity index (χ3v) is 5.10. The van der Waals surface area contributed by atoms with Gasteiger partial charge < -0.3 is 9.72 Å². The van der Waals surface area contributed by atoms with Crippen LogP contribution in [0.1, 0.15) is 23.4 Å². The molecule has 1 aliphatic rings. The first-order valence-corrected chi connectivity index (χ1v) is 8.51. The highest BCUT2D eigenvalue weighted by atomic mass is 35.5. The molecule has 1 unspecified atom stereocenters. The maximum absolute atomic E-state index is 12.6. The standard InChI is InChI=1S/C19H18ClN3O/c1-12-5-7-14(11-15(12)20)21-19(24)13-6-8-16-17(10-13)23-9-3-2-4-18(23)22-16/h2-5,7,9,11,13H,6,8,10H2,1H3,(H,21,24). The highest BCUT2D eigenvalue weighted by Crippen LogP contribution is 2.28. The zero-order chi connectivity index (χ0) is 16.7. The van der Waals surface area contributed by atoms with Crippen molar-refractivity contribution in [1.82, 2.24) is 9.38 Å². The number of benzene rings is 1. The lowest BCUT2D eigenvalue weighted by Crippen LogP contribution is -2.28. The van der Waals surface area contributed by atoms with Crippen LogP contribution in [0.4, 0.5) is 5.69 Å². The minimum Gasteiger partial charge on any atom is -0.326 e. The first-order chi connectivity index (χ1) is 11.6. The lowest BCUT2D eigenvalue weighted by Gasteiger charge is -2.21. The number of nitrogens with one attached hydrogen (secondary N) is 1. The Labute approximate surface area is 145 Å². The predicted molar refractivity (Wildman–Crippen MR) is 95.5 cm³/mol. The molecule has 3 aromatic rings. The van der Waals surface area contributed by atoms with Gasteiger partial charge in [0, 0.05) is 34.9 Å². The second-order valence-electron chi connectivity index (χ2n) is 6.33. The van der Waals surface area contributed by atoms with Crippen molar-refractivity contribution in [2.45, 2.75) is 26.2 Å². The molecule has 0 saturated carbocycles. The number of rotatable bonds is 2. The highest BCUT2D eigenvalue weighted by Gasteiger charge is 2.28. The van der Waals surface area contributed by atoms with Crippen molar-refractivity contribution in [2.75, 3.05) is 5.32 Å². The van der Waals surface area contributed by atoms with Crippen LogP contribution in [0.25, 0.3) is 5.65 Å². The van der Waals surface area contributed by atoms with E-state index < -0.39 is 0 Å². The van der Waals surface area contributed by atoms with Gasteiger partial charge >= 0.3 is 0 Å². The summed E-state index contributed by atoms with van der Waals surface area (Å²) in [6.07, 6.45) is 4.39. The van der Waals surface area contributed by atoms with Crippen LogP contribution in [0.2, 0.25) is 5.02 Å². The lowest BCUT2D eigenvalue weighted by molar-refractivity contribution is -0.120. The smallest absolute Gasteiger partial charge is 0.227 e. The molecule has 0 bridgehead atoms. The Balaban J connectivity index is 1.55. The molecule has 122 valence electrons. The molecule has 0 fully saturated rings. The normalized spacial score (nSPS) is 16.8. The van der Waals surface area contributed by atoms with Gasteiger partial charge in [-0.1, -0.05) is 23.7 Å². The number of fused-ring (bicyclic) bond motifs is 3. The van der Waals surface area contributed by atoms with Crippen molar-refractivity contribution >= 4 is 28.8 Å². The number of aromatic nitrogens is 2. The summed E-state index contributed by atoms with van der Waals surface area (Å²) in [6.45, 7) is 1.95. The van der Waals surface area contributed by atoms with Crippen molar-refractivity contribution in [1.29, 1.82) is 0 Å². The van der Waals surface area contributed by atoms with Crippen molar-refractivity contribution in [3.8, 4) is 0 Å². The monoisotopic (exact) mass is 339 g/mol. The molecular formula is C19H18ClN3O. The van der Waals surface area contributed by atoms with E-state index in [0.29, 0.717) is 11.4 Å². The van der Waals surface area contributed by atoms with Crippen molar-refractivity contribution in [2.24, 2.45) is 5.92 Å². The number of amides is 1. The van der Waals surface area contributed by atoms with Gasteiger partial charge in [0.05, 0.1) is 5.69 Å². The first kappa shape index (κ1) is 15.2.